The second-order valence-electron chi connectivity index (χ2n) is 6.41. The summed E-state index contributed by atoms with van der Waals surface area (Å²) in [6, 6.07) is 18.2. The van der Waals surface area contributed by atoms with Crippen LogP contribution >= 0.6 is 22.6 Å². The lowest BCUT2D eigenvalue weighted by molar-refractivity contribution is 0.696. The van der Waals surface area contributed by atoms with Crippen LogP contribution in [0.1, 0.15) is 5.69 Å². The summed E-state index contributed by atoms with van der Waals surface area (Å²) in [6.45, 7) is 0.645. The monoisotopic (exact) mass is 478 g/mol. The minimum absolute atomic E-state index is 0.645. The summed E-state index contributed by atoms with van der Waals surface area (Å²) >= 11 is 2.30. The Hall–Kier alpha value is -3.07. The molecule has 1 N–H and O–H groups in total. The molecule has 0 fully saturated rings. The van der Waals surface area contributed by atoms with Gasteiger partial charge in [0, 0.05) is 26.2 Å². The first-order chi connectivity index (χ1) is 13.8. The van der Waals surface area contributed by atoms with Gasteiger partial charge in [-0.25, -0.2) is 9.97 Å². The van der Waals surface area contributed by atoms with Crippen LogP contribution in [-0.4, -0.2) is 24.7 Å². The van der Waals surface area contributed by atoms with Crippen LogP contribution in [0.15, 0.2) is 73.3 Å². The van der Waals surface area contributed by atoms with Gasteiger partial charge in [-0.2, -0.15) is 5.10 Å². The fourth-order valence-corrected chi connectivity index (χ4v) is 3.69. The summed E-state index contributed by atoms with van der Waals surface area (Å²) in [5, 5.41) is 10.0. The van der Waals surface area contributed by atoms with E-state index in [1.165, 1.54) is 0 Å². The Labute approximate surface area is 174 Å². The van der Waals surface area contributed by atoms with Crippen molar-refractivity contribution in [2.24, 2.45) is 0 Å². The Balaban J connectivity index is 1.47. The Morgan fingerprint density at radius 1 is 0.964 bits per heavy atom. The molecule has 5 aromatic rings. The van der Waals surface area contributed by atoms with E-state index < -0.39 is 0 Å². The lowest BCUT2D eigenvalue weighted by Crippen LogP contribution is -2.02. The van der Waals surface area contributed by atoms with Crippen LogP contribution in [0, 0.1) is 3.57 Å². The van der Waals surface area contributed by atoms with Crippen LogP contribution in [0.25, 0.3) is 21.8 Å². The maximum atomic E-state index is 4.52. The van der Waals surface area contributed by atoms with Crippen molar-refractivity contribution in [3.8, 4) is 0 Å². The summed E-state index contributed by atoms with van der Waals surface area (Å²) in [6.07, 6.45) is 5.27. The molecule has 0 aliphatic rings. The Morgan fingerprint density at radius 2 is 1.93 bits per heavy atom. The third-order valence-electron chi connectivity index (χ3n) is 4.54. The van der Waals surface area contributed by atoms with Crippen LogP contribution in [0.2, 0.25) is 0 Å². The van der Waals surface area contributed by atoms with Crippen molar-refractivity contribution in [3.63, 3.8) is 0 Å². The summed E-state index contributed by atoms with van der Waals surface area (Å²) in [7, 11) is 0. The van der Waals surface area contributed by atoms with E-state index in [0.29, 0.717) is 6.54 Å². The van der Waals surface area contributed by atoms with Gasteiger partial charge in [0.25, 0.3) is 0 Å². The lowest BCUT2D eigenvalue weighted by atomic mass is 10.2. The minimum atomic E-state index is 0.645. The van der Waals surface area contributed by atoms with Crippen molar-refractivity contribution < 1.29 is 0 Å². The standard InChI is InChI=1S/C21H15IN6/c22-15-4-6-19-18(10-15)21(25-13-24-19)27-16-5-7-20-14(9-16)11-26-28(20)12-17-3-1-2-8-23-17/h1-11,13H,12H2,(H,24,25,27). The van der Waals surface area contributed by atoms with E-state index in [4.69, 9.17) is 0 Å². The maximum Gasteiger partial charge on any atom is 0.141 e. The van der Waals surface area contributed by atoms with E-state index in [2.05, 4.69) is 66.2 Å². The smallest absolute Gasteiger partial charge is 0.141 e. The van der Waals surface area contributed by atoms with Crippen molar-refractivity contribution in [2.45, 2.75) is 6.54 Å². The van der Waals surface area contributed by atoms with Crippen molar-refractivity contribution >= 4 is 55.9 Å². The van der Waals surface area contributed by atoms with Crippen LogP contribution in [0.3, 0.4) is 0 Å². The quantitative estimate of drug-likeness (QED) is 0.377. The number of anilines is 2. The summed E-state index contributed by atoms with van der Waals surface area (Å²) in [5.41, 5.74) is 3.93. The first kappa shape index (κ1) is 17.1. The minimum Gasteiger partial charge on any atom is -0.340 e. The van der Waals surface area contributed by atoms with E-state index in [9.17, 15) is 0 Å². The molecule has 0 spiro atoms. The highest BCUT2D eigenvalue weighted by Crippen LogP contribution is 2.26. The van der Waals surface area contributed by atoms with E-state index in [-0.39, 0.29) is 0 Å². The molecule has 3 heterocycles. The average Bonchev–Trinajstić information content (AvgIpc) is 3.11. The number of nitrogens with one attached hydrogen (secondary N) is 1. The zero-order valence-corrected chi connectivity index (χ0v) is 16.9. The Kier molecular flexibility index (Phi) is 4.36. The van der Waals surface area contributed by atoms with Crippen LogP contribution in [-0.2, 0) is 6.54 Å². The van der Waals surface area contributed by atoms with Gasteiger partial charge in [-0.3, -0.25) is 9.67 Å². The fourth-order valence-electron chi connectivity index (χ4n) is 3.20. The molecule has 5 rings (SSSR count). The van der Waals surface area contributed by atoms with Gasteiger partial charge in [0.15, 0.2) is 0 Å². The summed E-state index contributed by atoms with van der Waals surface area (Å²) < 4.78 is 3.11. The van der Waals surface area contributed by atoms with E-state index in [0.717, 1.165) is 42.6 Å². The highest BCUT2D eigenvalue weighted by molar-refractivity contribution is 14.1. The molecule has 3 aromatic heterocycles. The normalized spacial score (nSPS) is 11.2. The number of fused-ring (bicyclic) bond motifs is 2. The average molecular weight is 478 g/mol. The van der Waals surface area contributed by atoms with E-state index in [1.54, 1.807) is 12.5 Å². The topological polar surface area (TPSA) is 68.5 Å². The van der Waals surface area contributed by atoms with Crippen LogP contribution in [0.4, 0.5) is 11.5 Å². The fraction of sp³-hybridized carbons (Fsp3) is 0.0476. The van der Waals surface area contributed by atoms with Gasteiger partial charge in [-0.05, 0) is 71.1 Å². The Bertz CT molecular complexity index is 1280. The van der Waals surface area contributed by atoms with Gasteiger partial charge in [0.05, 0.1) is 29.5 Å². The number of pyridine rings is 1. The third kappa shape index (κ3) is 3.29. The first-order valence-corrected chi connectivity index (χ1v) is 9.87. The van der Waals surface area contributed by atoms with Gasteiger partial charge in [-0.15, -0.1) is 0 Å². The number of hydrogen-bond acceptors (Lipinski definition) is 5. The molecular weight excluding hydrogens is 463 g/mol. The number of halogens is 1. The number of aromatic nitrogens is 5. The predicted octanol–water partition coefficient (Wildman–Crippen LogP) is 4.77. The maximum absolute atomic E-state index is 4.52. The number of nitrogens with zero attached hydrogens (tertiary/aromatic N) is 5. The second kappa shape index (κ2) is 7.16. The number of benzene rings is 2. The molecule has 7 heteroatoms. The van der Waals surface area contributed by atoms with Crippen molar-refractivity contribution in [1.82, 2.24) is 24.7 Å². The van der Waals surface area contributed by atoms with Crippen LogP contribution in [0.5, 0.6) is 0 Å². The molecule has 28 heavy (non-hydrogen) atoms. The highest BCUT2D eigenvalue weighted by Gasteiger charge is 2.08. The molecule has 136 valence electrons. The largest absolute Gasteiger partial charge is 0.340 e. The van der Waals surface area contributed by atoms with Gasteiger partial charge < -0.3 is 5.32 Å². The zero-order valence-electron chi connectivity index (χ0n) is 14.7. The molecule has 0 aliphatic carbocycles. The van der Waals surface area contributed by atoms with Gasteiger partial charge in [-0.1, -0.05) is 6.07 Å². The third-order valence-corrected chi connectivity index (χ3v) is 5.21. The predicted molar refractivity (Wildman–Crippen MR) is 119 cm³/mol. The first-order valence-electron chi connectivity index (χ1n) is 8.79. The van der Waals surface area contributed by atoms with Gasteiger partial charge in [0.1, 0.15) is 12.1 Å². The lowest BCUT2D eigenvalue weighted by Gasteiger charge is -2.09. The van der Waals surface area contributed by atoms with Crippen molar-refractivity contribution in [2.75, 3.05) is 5.32 Å². The number of hydrogen-bond donors (Lipinski definition) is 1. The molecule has 2 aromatic carbocycles. The zero-order chi connectivity index (χ0) is 18.9. The van der Waals surface area contributed by atoms with Crippen LogP contribution < -0.4 is 5.32 Å². The van der Waals surface area contributed by atoms with Crippen molar-refractivity contribution in [1.29, 1.82) is 0 Å². The molecule has 0 unspecified atom stereocenters. The molecule has 0 saturated carbocycles. The molecule has 0 radical (unpaired) electrons. The second-order valence-corrected chi connectivity index (χ2v) is 7.65. The van der Waals surface area contributed by atoms with Crippen molar-refractivity contribution in [3.05, 3.63) is 82.6 Å². The Morgan fingerprint density at radius 3 is 2.82 bits per heavy atom. The molecule has 0 aliphatic heterocycles. The summed E-state index contributed by atoms with van der Waals surface area (Å²) in [4.78, 5) is 13.2. The molecule has 0 bridgehead atoms. The highest BCUT2D eigenvalue weighted by atomic mass is 127. The molecule has 0 saturated heterocycles. The van der Waals surface area contributed by atoms with E-state index in [1.807, 2.05) is 47.3 Å². The number of rotatable bonds is 4. The molecular formula is C21H15IN6. The molecule has 6 nitrogen and oxygen atoms in total. The molecule has 0 atom stereocenters. The molecule has 0 amide bonds. The van der Waals surface area contributed by atoms with Gasteiger partial charge in [0.2, 0.25) is 0 Å². The SMILES string of the molecule is Ic1ccc2ncnc(Nc3ccc4c(cnn4Cc4ccccn4)c3)c2c1. The van der Waals surface area contributed by atoms with Gasteiger partial charge >= 0.3 is 0 Å². The summed E-state index contributed by atoms with van der Waals surface area (Å²) in [5.74, 6) is 0.795. The van der Waals surface area contributed by atoms with E-state index >= 15 is 0 Å².